The van der Waals surface area contributed by atoms with Crippen LogP contribution in [0.25, 0.3) is 10.9 Å². The van der Waals surface area contributed by atoms with Crippen molar-refractivity contribution in [3.05, 3.63) is 30.0 Å². The fourth-order valence-electron chi connectivity index (χ4n) is 3.03. The molecule has 2 unspecified atom stereocenters. The number of nitrogens with zero attached hydrogens (tertiary/aromatic N) is 2. The Morgan fingerprint density at radius 3 is 3.10 bits per heavy atom. The number of ether oxygens (including phenoxy) is 1. The van der Waals surface area contributed by atoms with Gasteiger partial charge >= 0.3 is 0 Å². The van der Waals surface area contributed by atoms with Crippen molar-refractivity contribution in [1.29, 1.82) is 0 Å². The average molecular weight is 274 g/mol. The molecule has 2 aromatic rings. The number of aromatic nitrogens is 2. The lowest BCUT2D eigenvalue weighted by atomic mass is 10.0. The monoisotopic (exact) mass is 274 g/mol. The minimum Gasteiger partial charge on any atom is -0.378 e. The van der Waals surface area contributed by atoms with Crippen LogP contribution in [0.3, 0.4) is 0 Å². The molecule has 1 aliphatic rings. The van der Waals surface area contributed by atoms with Gasteiger partial charge in [-0.15, -0.1) is 0 Å². The SMILES string of the molecule is Cn1nc(CC(CC2CCCO2)NN)c2ccccc21. The maximum atomic E-state index is 5.71. The summed E-state index contributed by atoms with van der Waals surface area (Å²) in [5, 5.41) is 5.84. The lowest BCUT2D eigenvalue weighted by Crippen LogP contribution is -2.39. The van der Waals surface area contributed by atoms with E-state index in [0.717, 1.165) is 43.5 Å². The van der Waals surface area contributed by atoms with Crippen LogP contribution in [0, 0.1) is 0 Å². The lowest BCUT2D eigenvalue weighted by molar-refractivity contribution is 0.0945. The van der Waals surface area contributed by atoms with Gasteiger partial charge < -0.3 is 4.74 Å². The van der Waals surface area contributed by atoms with E-state index in [1.54, 1.807) is 0 Å². The smallest absolute Gasteiger partial charge is 0.0719 e. The first kappa shape index (κ1) is 13.5. The number of nitrogens with one attached hydrogen (secondary N) is 1. The fourth-order valence-corrected chi connectivity index (χ4v) is 3.03. The van der Waals surface area contributed by atoms with Crippen LogP contribution in [-0.4, -0.2) is 28.5 Å². The molecule has 20 heavy (non-hydrogen) atoms. The second kappa shape index (κ2) is 5.91. The normalized spacial score (nSPS) is 20.6. The molecule has 1 aromatic heterocycles. The molecule has 5 nitrogen and oxygen atoms in total. The van der Waals surface area contributed by atoms with E-state index in [1.807, 2.05) is 17.8 Å². The number of fused-ring (bicyclic) bond motifs is 1. The Bertz CT molecular complexity index is 574. The Morgan fingerprint density at radius 1 is 1.50 bits per heavy atom. The van der Waals surface area contributed by atoms with E-state index in [1.165, 1.54) is 5.39 Å². The van der Waals surface area contributed by atoms with Crippen LogP contribution in [0.1, 0.15) is 25.0 Å². The predicted molar refractivity (Wildman–Crippen MR) is 79.1 cm³/mol. The largest absolute Gasteiger partial charge is 0.378 e. The first-order valence-electron chi connectivity index (χ1n) is 7.26. The maximum Gasteiger partial charge on any atom is 0.0719 e. The van der Waals surface area contributed by atoms with Crippen molar-refractivity contribution in [3.63, 3.8) is 0 Å². The highest BCUT2D eigenvalue weighted by molar-refractivity contribution is 5.81. The van der Waals surface area contributed by atoms with Crippen molar-refractivity contribution >= 4 is 10.9 Å². The minimum absolute atomic E-state index is 0.205. The summed E-state index contributed by atoms with van der Waals surface area (Å²) in [5.41, 5.74) is 5.19. The highest BCUT2D eigenvalue weighted by Crippen LogP contribution is 2.22. The van der Waals surface area contributed by atoms with Crippen LogP contribution in [0.5, 0.6) is 0 Å². The molecule has 5 heteroatoms. The van der Waals surface area contributed by atoms with Crippen LogP contribution < -0.4 is 11.3 Å². The van der Waals surface area contributed by atoms with Gasteiger partial charge in [0.2, 0.25) is 0 Å². The third kappa shape index (κ3) is 2.70. The van der Waals surface area contributed by atoms with Crippen LogP contribution in [-0.2, 0) is 18.2 Å². The molecule has 2 heterocycles. The number of hydrogen-bond donors (Lipinski definition) is 2. The van der Waals surface area contributed by atoms with Crippen molar-refractivity contribution in [2.45, 2.75) is 37.8 Å². The van der Waals surface area contributed by atoms with Gasteiger partial charge in [-0.3, -0.25) is 16.0 Å². The van der Waals surface area contributed by atoms with E-state index >= 15 is 0 Å². The fraction of sp³-hybridized carbons (Fsp3) is 0.533. The van der Waals surface area contributed by atoms with Crippen molar-refractivity contribution in [2.75, 3.05) is 6.61 Å². The van der Waals surface area contributed by atoms with E-state index in [2.05, 4.69) is 28.7 Å². The van der Waals surface area contributed by atoms with Gasteiger partial charge in [-0.2, -0.15) is 5.10 Å². The molecule has 3 N–H and O–H groups in total. The Kier molecular flexibility index (Phi) is 4.00. The Hall–Kier alpha value is -1.43. The molecule has 1 fully saturated rings. The second-order valence-electron chi connectivity index (χ2n) is 5.53. The number of hydrogen-bond acceptors (Lipinski definition) is 4. The standard InChI is InChI=1S/C15H22N4O/c1-19-15-7-3-2-6-13(15)14(18-19)10-11(17-16)9-12-5-4-8-20-12/h2-3,6-7,11-12,17H,4-5,8-10,16H2,1H3. The van der Waals surface area contributed by atoms with Crippen LogP contribution in [0.4, 0.5) is 0 Å². The zero-order chi connectivity index (χ0) is 13.9. The summed E-state index contributed by atoms with van der Waals surface area (Å²) >= 11 is 0. The Balaban J connectivity index is 1.76. The summed E-state index contributed by atoms with van der Waals surface area (Å²) in [6.07, 6.45) is 4.42. The second-order valence-corrected chi connectivity index (χ2v) is 5.53. The first-order valence-corrected chi connectivity index (χ1v) is 7.26. The van der Waals surface area contributed by atoms with E-state index < -0.39 is 0 Å². The van der Waals surface area contributed by atoms with Crippen LogP contribution in [0.2, 0.25) is 0 Å². The summed E-state index contributed by atoms with van der Waals surface area (Å²) in [5.74, 6) is 5.71. The molecule has 108 valence electrons. The molecule has 1 saturated heterocycles. The summed E-state index contributed by atoms with van der Waals surface area (Å²) in [4.78, 5) is 0. The zero-order valence-corrected chi connectivity index (χ0v) is 11.9. The third-order valence-electron chi connectivity index (χ3n) is 4.08. The Morgan fingerprint density at radius 2 is 2.35 bits per heavy atom. The number of hydrazine groups is 1. The van der Waals surface area contributed by atoms with Gasteiger partial charge in [0.25, 0.3) is 0 Å². The molecule has 0 bridgehead atoms. The van der Waals surface area contributed by atoms with E-state index in [-0.39, 0.29) is 6.04 Å². The molecular formula is C15H22N4O. The van der Waals surface area contributed by atoms with Gasteiger partial charge in [0, 0.05) is 31.5 Å². The van der Waals surface area contributed by atoms with Gasteiger partial charge in [-0.25, -0.2) is 0 Å². The van der Waals surface area contributed by atoms with Crippen molar-refractivity contribution in [1.82, 2.24) is 15.2 Å². The Labute approximate surface area is 119 Å². The van der Waals surface area contributed by atoms with Gasteiger partial charge in [0.05, 0.1) is 17.3 Å². The quantitative estimate of drug-likeness (QED) is 0.641. The molecule has 0 saturated carbocycles. The van der Waals surface area contributed by atoms with E-state index in [0.29, 0.717) is 6.10 Å². The summed E-state index contributed by atoms with van der Waals surface area (Å²) in [7, 11) is 1.98. The molecule has 2 atom stereocenters. The molecule has 1 aromatic carbocycles. The number of aryl methyl sites for hydroxylation is 1. The highest BCUT2D eigenvalue weighted by Gasteiger charge is 2.22. The van der Waals surface area contributed by atoms with Gasteiger partial charge in [0.1, 0.15) is 0 Å². The summed E-state index contributed by atoms with van der Waals surface area (Å²) < 4.78 is 7.63. The lowest BCUT2D eigenvalue weighted by Gasteiger charge is -2.18. The number of benzene rings is 1. The van der Waals surface area contributed by atoms with Crippen LogP contribution >= 0.6 is 0 Å². The average Bonchev–Trinajstić information content (AvgIpc) is 3.08. The van der Waals surface area contributed by atoms with Gasteiger partial charge in [-0.1, -0.05) is 18.2 Å². The molecule has 1 aliphatic heterocycles. The molecule has 0 spiro atoms. The van der Waals surface area contributed by atoms with E-state index in [4.69, 9.17) is 10.6 Å². The topological polar surface area (TPSA) is 65.1 Å². The summed E-state index contributed by atoms with van der Waals surface area (Å²) in [6.45, 7) is 0.883. The highest BCUT2D eigenvalue weighted by atomic mass is 16.5. The number of rotatable bonds is 5. The molecular weight excluding hydrogens is 252 g/mol. The molecule has 0 amide bonds. The molecule has 0 aliphatic carbocycles. The summed E-state index contributed by atoms with van der Waals surface area (Å²) in [6, 6.07) is 8.52. The third-order valence-corrected chi connectivity index (χ3v) is 4.08. The van der Waals surface area contributed by atoms with E-state index in [9.17, 15) is 0 Å². The van der Waals surface area contributed by atoms with Crippen molar-refractivity contribution in [2.24, 2.45) is 12.9 Å². The zero-order valence-electron chi connectivity index (χ0n) is 11.9. The van der Waals surface area contributed by atoms with Gasteiger partial charge in [-0.05, 0) is 25.3 Å². The van der Waals surface area contributed by atoms with Crippen molar-refractivity contribution in [3.8, 4) is 0 Å². The van der Waals surface area contributed by atoms with Crippen LogP contribution in [0.15, 0.2) is 24.3 Å². The molecule has 0 radical (unpaired) electrons. The molecule has 3 rings (SSSR count). The predicted octanol–water partition coefficient (Wildman–Crippen LogP) is 1.52. The first-order chi connectivity index (χ1) is 9.78. The number of nitrogens with two attached hydrogens (primary N) is 1. The number of para-hydroxylation sites is 1. The van der Waals surface area contributed by atoms with Gasteiger partial charge in [0.15, 0.2) is 0 Å². The maximum absolute atomic E-state index is 5.71. The minimum atomic E-state index is 0.205. The van der Waals surface area contributed by atoms with Crippen molar-refractivity contribution < 1.29 is 4.74 Å².